The Hall–Kier alpha value is -0.810. The number of rotatable bonds is 6. The summed E-state index contributed by atoms with van der Waals surface area (Å²) in [5.74, 6) is 1.14. The van der Waals surface area contributed by atoms with Crippen molar-refractivity contribution in [3.05, 3.63) is 35.4 Å². The van der Waals surface area contributed by atoms with E-state index in [0.29, 0.717) is 6.04 Å². The Kier molecular flexibility index (Phi) is 8.87. The summed E-state index contributed by atoms with van der Waals surface area (Å²) in [5, 5.41) is 3.69. The van der Waals surface area contributed by atoms with Crippen molar-refractivity contribution >= 4 is 30.7 Å². The second-order valence-corrected chi connectivity index (χ2v) is 8.10. The average Bonchev–Trinajstić information content (AvgIpc) is 3.35. The lowest BCUT2D eigenvalue weighted by Gasteiger charge is -2.32. The minimum Gasteiger partial charge on any atom is -0.339 e. The number of hydrogen-bond donors (Lipinski definition) is 1. The van der Waals surface area contributed by atoms with Gasteiger partial charge in [-0.25, -0.2) is 0 Å². The van der Waals surface area contributed by atoms with Crippen LogP contribution in [0.1, 0.15) is 54.4 Å². The van der Waals surface area contributed by atoms with Crippen LogP contribution in [0.5, 0.6) is 0 Å². The van der Waals surface area contributed by atoms with Crippen LogP contribution in [-0.2, 0) is 6.54 Å². The summed E-state index contributed by atoms with van der Waals surface area (Å²) in [6.07, 6.45) is 7.60. The van der Waals surface area contributed by atoms with Gasteiger partial charge in [0.1, 0.15) is 0 Å². The fraction of sp³-hybridized carbons (Fsp3) is 0.667. The number of nitrogens with zero attached hydrogens (tertiary/aromatic N) is 2. The molecular weight excluding hydrogens is 381 g/mol. The molecule has 1 saturated carbocycles. The number of nitrogens with one attached hydrogen (secondary N) is 1. The highest BCUT2D eigenvalue weighted by Crippen LogP contribution is 2.28. The maximum atomic E-state index is 12.9. The van der Waals surface area contributed by atoms with Gasteiger partial charge < -0.3 is 10.2 Å². The molecule has 0 atom stereocenters. The monoisotopic (exact) mass is 413 g/mol. The molecule has 1 aromatic rings. The molecule has 0 aromatic heterocycles. The first-order chi connectivity index (χ1) is 12.3. The molecule has 0 unspecified atom stereocenters. The topological polar surface area (TPSA) is 35.6 Å². The van der Waals surface area contributed by atoms with E-state index in [1.54, 1.807) is 0 Å². The summed E-state index contributed by atoms with van der Waals surface area (Å²) < 4.78 is 0. The van der Waals surface area contributed by atoms with Crippen molar-refractivity contribution in [2.75, 3.05) is 32.7 Å². The van der Waals surface area contributed by atoms with E-state index in [0.717, 1.165) is 44.0 Å². The van der Waals surface area contributed by atoms with E-state index in [4.69, 9.17) is 0 Å². The van der Waals surface area contributed by atoms with Gasteiger partial charge in [0, 0.05) is 31.2 Å². The molecule has 1 aliphatic carbocycles. The van der Waals surface area contributed by atoms with Crippen molar-refractivity contribution in [3.63, 3.8) is 0 Å². The van der Waals surface area contributed by atoms with Crippen molar-refractivity contribution in [1.82, 2.24) is 15.1 Å². The Balaban J connectivity index is 0.00000131. The van der Waals surface area contributed by atoms with E-state index in [9.17, 15) is 4.79 Å². The van der Waals surface area contributed by atoms with Crippen LogP contribution in [-0.4, -0.2) is 54.5 Å². The zero-order valence-corrected chi connectivity index (χ0v) is 17.7. The van der Waals surface area contributed by atoms with Gasteiger partial charge in [0.05, 0.1) is 0 Å². The van der Waals surface area contributed by atoms with Crippen LogP contribution >= 0.6 is 24.8 Å². The molecular formula is C21H33Cl2N3O. The molecule has 27 heavy (non-hydrogen) atoms. The van der Waals surface area contributed by atoms with Gasteiger partial charge in [-0.05, 0) is 81.8 Å². The number of hydrogen-bond acceptors (Lipinski definition) is 3. The van der Waals surface area contributed by atoms with Crippen LogP contribution in [0, 0.1) is 5.92 Å². The van der Waals surface area contributed by atoms with Crippen LogP contribution in [0.2, 0.25) is 0 Å². The molecule has 2 heterocycles. The first kappa shape index (κ1) is 22.5. The lowest BCUT2D eigenvalue weighted by molar-refractivity contribution is 0.0705. The van der Waals surface area contributed by atoms with Crippen LogP contribution < -0.4 is 5.32 Å². The van der Waals surface area contributed by atoms with Crippen molar-refractivity contribution in [2.24, 2.45) is 5.92 Å². The number of amides is 1. The van der Waals surface area contributed by atoms with Crippen molar-refractivity contribution in [2.45, 2.75) is 51.1 Å². The summed E-state index contributed by atoms with van der Waals surface area (Å²) in [4.78, 5) is 17.4. The smallest absolute Gasteiger partial charge is 0.253 e. The second-order valence-electron chi connectivity index (χ2n) is 8.10. The molecule has 0 spiro atoms. The van der Waals surface area contributed by atoms with Crippen LogP contribution in [0.4, 0.5) is 0 Å². The van der Waals surface area contributed by atoms with Gasteiger partial charge in [-0.3, -0.25) is 9.69 Å². The van der Waals surface area contributed by atoms with Crippen LogP contribution in [0.25, 0.3) is 0 Å². The fourth-order valence-corrected chi connectivity index (χ4v) is 4.13. The predicted molar refractivity (Wildman–Crippen MR) is 115 cm³/mol. The molecule has 2 aliphatic heterocycles. The number of benzene rings is 1. The van der Waals surface area contributed by atoms with E-state index in [-0.39, 0.29) is 30.7 Å². The molecule has 4 rings (SSSR count). The highest BCUT2D eigenvalue weighted by Gasteiger charge is 2.26. The first-order valence-corrected chi connectivity index (χ1v) is 10.1. The molecule has 3 fully saturated rings. The fourth-order valence-electron chi connectivity index (χ4n) is 4.13. The molecule has 1 aromatic carbocycles. The zero-order valence-electron chi connectivity index (χ0n) is 16.1. The normalized spacial score (nSPS) is 20.8. The SMILES string of the molecule is Cl.Cl.O=C(c1cccc(CN2CCCC2)c1)N1CCC(NCC2CC2)CC1. The van der Waals surface area contributed by atoms with E-state index >= 15 is 0 Å². The second kappa shape index (κ2) is 10.7. The Bertz CT molecular complexity index is 595. The van der Waals surface area contributed by atoms with Gasteiger partial charge >= 0.3 is 0 Å². The van der Waals surface area contributed by atoms with Crippen LogP contribution in [0.15, 0.2) is 24.3 Å². The van der Waals surface area contributed by atoms with Gasteiger partial charge in [-0.2, -0.15) is 0 Å². The lowest BCUT2D eigenvalue weighted by Crippen LogP contribution is -2.45. The number of carbonyl (C=O) groups excluding carboxylic acids is 1. The Morgan fingerprint density at radius 1 is 1.00 bits per heavy atom. The highest BCUT2D eigenvalue weighted by atomic mass is 35.5. The molecule has 0 radical (unpaired) electrons. The Labute approximate surface area is 175 Å². The van der Waals surface area contributed by atoms with E-state index in [1.807, 2.05) is 17.0 Å². The summed E-state index contributed by atoms with van der Waals surface area (Å²) in [6.45, 7) is 6.32. The largest absolute Gasteiger partial charge is 0.339 e. The third kappa shape index (κ3) is 6.35. The number of likely N-dealkylation sites (tertiary alicyclic amines) is 2. The van der Waals surface area contributed by atoms with E-state index in [2.05, 4.69) is 22.3 Å². The zero-order chi connectivity index (χ0) is 17.1. The molecule has 0 bridgehead atoms. The van der Waals surface area contributed by atoms with E-state index < -0.39 is 0 Å². The lowest BCUT2D eigenvalue weighted by atomic mass is 10.0. The first-order valence-electron chi connectivity index (χ1n) is 10.1. The number of carbonyl (C=O) groups is 1. The summed E-state index contributed by atoms with van der Waals surface area (Å²) in [7, 11) is 0. The predicted octanol–water partition coefficient (Wildman–Crippen LogP) is 3.73. The van der Waals surface area contributed by atoms with Gasteiger partial charge in [0.15, 0.2) is 0 Å². The van der Waals surface area contributed by atoms with Gasteiger partial charge in [-0.1, -0.05) is 12.1 Å². The molecule has 1 amide bonds. The molecule has 4 nitrogen and oxygen atoms in total. The van der Waals surface area contributed by atoms with Crippen molar-refractivity contribution in [1.29, 1.82) is 0 Å². The maximum absolute atomic E-state index is 12.9. The Morgan fingerprint density at radius 3 is 2.37 bits per heavy atom. The van der Waals surface area contributed by atoms with Gasteiger partial charge in [0.25, 0.3) is 5.91 Å². The summed E-state index contributed by atoms with van der Waals surface area (Å²) in [5.41, 5.74) is 2.13. The standard InChI is InChI=1S/C21H31N3O.2ClH/c25-21(24-12-8-20(9-13-24)22-15-17-6-7-17)19-5-3-4-18(14-19)16-23-10-1-2-11-23;;/h3-5,14,17,20,22H,1-2,6-13,15-16H2;2*1H. The molecule has 6 heteroatoms. The molecule has 2 saturated heterocycles. The van der Waals surface area contributed by atoms with Gasteiger partial charge in [0.2, 0.25) is 0 Å². The third-order valence-electron chi connectivity index (χ3n) is 5.95. The minimum atomic E-state index is 0. The molecule has 1 N–H and O–H groups in total. The summed E-state index contributed by atoms with van der Waals surface area (Å²) >= 11 is 0. The van der Waals surface area contributed by atoms with Crippen molar-refractivity contribution in [3.8, 4) is 0 Å². The van der Waals surface area contributed by atoms with Crippen molar-refractivity contribution < 1.29 is 4.79 Å². The molecule has 3 aliphatic rings. The average molecular weight is 414 g/mol. The number of halogens is 2. The Morgan fingerprint density at radius 2 is 1.70 bits per heavy atom. The molecule has 152 valence electrons. The van der Waals surface area contributed by atoms with Gasteiger partial charge in [-0.15, -0.1) is 24.8 Å². The highest BCUT2D eigenvalue weighted by molar-refractivity contribution is 5.94. The summed E-state index contributed by atoms with van der Waals surface area (Å²) in [6, 6.07) is 8.89. The number of piperidine rings is 1. The quantitative estimate of drug-likeness (QED) is 0.771. The minimum absolute atomic E-state index is 0. The van der Waals surface area contributed by atoms with E-state index in [1.165, 1.54) is 50.9 Å². The van der Waals surface area contributed by atoms with Crippen LogP contribution in [0.3, 0.4) is 0 Å². The maximum Gasteiger partial charge on any atom is 0.253 e. The third-order valence-corrected chi connectivity index (χ3v) is 5.95.